The van der Waals surface area contributed by atoms with Crippen molar-refractivity contribution in [3.63, 3.8) is 0 Å². The van der Waals surface area contributed by atoms with Crippen molar-refractivity contribution in [2.24, 2.45) is 4.99 Å². The summed E-state index contributed by atoms with van der Waals surface area (Å²) in [6.07, 6.45) is 1.63. The second kappa shape index (κ2) is 13.3. The van der Waals surface area contributed by atoms with Crippen molar-refractivity contribution >= 4 is 47.2 Å². The molecule has 0 bridgehead atoms. The van der Waals surface area contributed by atoms with E-state index in [9.17, 15) is 0 Å². The van der Waals surface area contributed by atoms with Crippen molar-refractivity contribution in [3.8, 4) is 17.4 Å². The lowest BCUT2D eigenvalue weighted by atomic mass is 10.2. The lowest BCUT2D eigenvalue weighted by Crippen LogP contribution is -2.31. The van der Waals surface area contributed by atoms with E-state index >= 15 is 0 Å². The lowest BCUT2D eigenvalue weighted by molar-refractivity contribution is 0.311. The summed E-state index contributed by atoms with van der Waals surface area (Å²) in [5.74, 6) is 2.41. The summed E-state index contributed by atoms with van der Waals surface area (Å²) in [7, 11) is 1.62. The van der Waals surface area contributed by atoms with Crippen LogP contribution in [0.2, 0.25) is 5.02 Å². The second-order valence-electron chi connectivity index (χ2n) is 5.32. The van der Waals surface area contributed by atoms with Crippen molar-refractivity contribution < 1.29 is 14.2 Å². The van der Waals surface area contributed by atoms with Gasteiger partial charge in [-0.05, 0) is 38.1 Å². The van der Waals surface area contributed by atoms with Gasteiger partial charge in [0.25, 0.3) is 0 Å². The van der Waals surface area contributed by atoms with Gasteiger partial charge in [-0.15, -0.1) is 24.0 Å². The fourth-order valence-corrected chi connectivity index (χ4v) is 2.42. The van der Waals surface area contributed by atoms with Crippen molar-refractivity contribution in [1.82, 2.24) is 10.3 Å². The molecule has 0 aliphatic heterocycles. The Balaban J connectivity index is 0.00000392. The molecule has 0 fully saturated rings. The number of methoxy groups -OCH3 is 1. The third-order valence-corrected chi connectivity index (χ3v) is 3.68. The molecule has 1 heterocycles. The van der Waals surface area contributed by atoms with Crippen LogP contribution >= 0.6 is 35.6 Å². The minimum absolute atomic E-state index is 0. The van der Waals surface area contributed by atoms with E-state index in [4.69, 9.17) is 25.8 Å². The summed E-state index contributed by atoms with van der Waals surface area (Å²) in [4.78, 5) is 8.58. The third kappa shape index (κ3) is 7.59. The number of rotatable bonds is 9. The number of aliphatic imine (C=N–C) groups is 1. The Morgan fingerprint density at radius 2 is 2.00 bits per heavy atom. The Kier molecular flexibility index (Phi) is 11.4. The van der Waals surface area contributed by atoms with E-state index in [2.05, 4.69) is 20.6 Å². The molecular weight excluding hydrogens is 495 g/mol. The van der Waals surface area contributed by atoms with Gasteiger partial charge >= 0.3 is 0 Å². The molecule has 0 saturated carbocycles. The summed E-state index contributed by atoms with van der Waals surface area (Å²) in [6, 6.07) is 9.12. The number of nitrogens with one attached hydrogen (secondary N) is 2. The number of guanidine groups is 1. The highest BCUT2D eigenvalue weighted by atomic mass is 127. The predicted molar refractivity (Wildman–Crippen MR) is 124 cm³/mol. The van der Waals surface area contributed by atoms with Crippen LogP contribution in [-0.2, 0) is 0 Å². The second-order valence-corrected chi connectivity index (χ2v) is 5.73. The maximum Gasteiger partial charge on any atom is 0.232 e. The maximum atomic E-state index is 6.02. The zero-order valence-corrected chi connectivity index (χ0v) is 19.3. The zero-order valence-electron chi connectivity index (χ0n) is 16.2. The Morgan fingerprint density at radius 3 is 2.68 bits per heavy atom. The van der Waals surface area contributed by atoms with Crippen molar-refractivity contribution in [2.45, 2.75) is 13.8 Å². The van der Waals surface area contributed by atoms with Crippen LogP contribution in [0, 0.1) is 0 Å². The summed E-state index contributed by atoms with van der Waals surface area (Å²) < 4.78 is 16.5. The lowest BCUT2D eigenvalue weighted by Gasteiger charge is -2.14. The SMILES string of the molecule is CCNC(=NCCOc1ncccc1Cl)Nc1ccc(OC)c(OCC)c1.I. The molecule has 0 aliphatic carbocycles. The fraction of sp³-hybridized carbons (Fsp3) is 0.368. The van der Waals surface area contributed by atoms with Crippen LogP contribution in [0.25, 0.3) is 0 Å². The van der Waals surface area contributed by atoms with E-state index in [0.717, 1.165) is 12.2 Å². The summed E-state index contributed by atoms with van der Waals surface area (Å²) in [5.41, 5.74) is 0.840. The van der Waals surface area contributed by atoms with E-state index in [0.29, 0.717) is 48.1 Å². The molecule has 0 unspecified atom stereocenters. The van der Waals surface area contributed by atoms with Crippen LogP contribution in [0.5, 0.6) is 17.4 Å². The third-order valence-electron chi connectivity index (χ3n) is 3.40. The monoisotopic (exact) mass is 520 g/mol. The molecule has 0 amide bonds. The number of aromatic nitrogens is 1. The number of hydrogen-bond donors (Lipinski definition) is 2. The van der Waals surface area contributed by atoms with Crippen molar-refractivity contribution in [2.75, 3.05) is 38.7 Å². The van der Waals surface area contributed by atoms with Crippen LogP contribution in [0.15, 0.2) is 41.5 Å². The molecule has 154 valence electrons. The van der Waals surface area contributed by atoms with Gasteiger partial charge in [-0.3, -0.25) is 0 Å². The van der Waals surface area contributed by atoms with Crippen molar-refractivity contribution in [3.05, 3.63) is 41.6 Å². The summed E-state index contributed by atoms with van der Waals surface area (Å²) in [5, 5.41) is 6.92. The number of halogens is 2. The summed E-state index contributed by atoms with van der Waals surface area (Å²) >= 11 is 6.02. The topological polar surface area (TPSA) is 77.0 Å². The Morgan fingerprint density at radius 1 is 1.18 bits per heavy atom. The molecule has 0 radical (unpaired) electrons. The Bertz CT molecular complexity index is 762. The minimum atomic E-state index is 0. The molecule has 0 aliphatic rings. The van der Waals surface area contributed by atoms with Gasteiger partial charge in [-0.1, -0.05) is 11.6 Å². The predicted octanol–water partition coefficient (Wildman–Crippen LogP) is 4.22. The molecule has 0 spiro atoms. The van der Waals surface area contributed by atoms with Gasteiger partial charge in [0.15, 0.2) is 17.5 Å². The van der Waals surface area contributed by atoms with Crippen LogP contribution < -0.4 is 24.8 Å². The fourth-order valence-electron chi connectivity index (χ4n) is 2.24. The van der Waals surface area contributed by atoms with Gasteiger partial charge in [-0.25, -0.2) is 9.98 Å². The van der Waals surface area contributed by atoms with Crippen LogP contribution in [0.4, 0.5) is 5.69 Å². The molecule has 2 N–H and O–H groups in total. The number of pyridine rings is 1. The van der Waals surface area contributed by atoms with Gasteiger partial charge < -0.3 is 24.8 Å². The van der Waals surface area contributed by atoms with Crippen LogP contribution in [0.3, 0.4) is 0 Å². The van der Waals surface area contributed by atoms with E-state index in [1.165, 1.54) is 0 Å². The number of hydrogen-bond acceptors (Lipinski definition) is 5. The normalized spacial score (nSPS) is 10.6. The minimum Gasteiger partial charge on any atom is -0.493 e. The average molecular weight is 521 g/mol. The first-order chi connectivity index (χ1) is 13.2. The first kappa shape index (κ1) is 24.1. The zero-order chi connectivity index (χ0) is 19.5. The van der Waals surface area contributed by atoms with E-state index in [1.54, 1.807) is 25.4 Å². The van der Waals surface area contributed by atoms with Gasteiger partial charge in [0.05, 0.1) is 20.3 Å². The molecule has 0 atom stereocenters. The molecule has 0 saturated heterocycles. The molecule has 1 aromatic carbocycles. The standard InChI is InChI=1S/C19H25ClN4O3.HI/c1-4-21-19(23-11-12-27-18-15(20)7-6-10-22-18)24-14-8-9-16(25-3)17(13-14)26-5-2;/h6-10,13H,4-5,11-12H2,1-3H3,(H2,21,23,24);1H. The molecule has 1 aromatic heterocycles. The highest BCUT2D eigenvalue weighted by Crippen LogP contribution is 2.30. The first-order valence-corrected chi connectivity index (χ1v) is 9.15. The Labute approximate surface area is 187 Å². The van der Waals surface area contributed by atoms with Gasteiger partial charge in [0.1, 0.15) is 11.6 Å². The maximum absolute atomic E-state index is 6.02. The largest absolute Gasteiger partial charge is 0.493 e. The smallest absolute Gasteiger partial charge is 0.232 e. The van der Waals surface area contributed by atoms with Crippen LogP contribution in [0.1, 0.15) is 13.8 Å². The Hall–Kier alpha value is -1.94. The highest BCUT2D eigenvalue weighted by molar-refractivity contribution is 14.0. The van der Waals surface area contributed by atoms with Gasteiger partial charge in [0.2, 0.25) is 5.88 Å². The van der Waals surface area contributed by atoms with E-state index in [-0.39, 0.29) is 24.0 Å². The summed E-state index contributed by atoms with van der Waals surface area (Å²) in [6.45, 7) is 6.02. The number of anilines is 1. The van der Waals surface area contributed by atoms with Crippen molar-refractivity contribution in [1.29, 1.82) is 0 Å². The number of benzene rings is 1. The molecule has 28 heavy (non-hydrogen) atoms. The molecular formula is C19H26ClIN4O3. The quantitative estimate of drug-likeness (QED) is 0.223. The van der Waals surface area contributed by atoms with E-state index < -0.39 is 0 Å². The number of nitrogens with zero attached hydrogens (tertiary/aromatic N) is 2. The molecule has 7 nitrogen and oxygen atoms in total. The highest BCUT2D eigenvalue weighted by Gasteiger charge is 2.07. The first-order valence-electron chi connectivity index (χ1n) is 8.77. The molecule has 2 aromatic rings. The van der Waals surface area contributed by atoms with Gasteiger partial charge in [-0.2, -0.15) is 0 Å². The molecule has 9 heteroatoms. The molecule has 2 rings (SSSR count). The number of ether oxygens (including phenoxy) is 3. The van der Waals surface area contributed by atoms with Crippen LogP contribution in [-0.4, -0.2) is 44.4 Å². The van der Waals surface area contributed by atoms with E-state index in [1.807, 2.05) is 32.0 Å². The van der Waals surface area contributed by atoms with Gasteiger partial charge in [0, 0.05) is 24.5 Å². The average Bonchev–Trinajstić information content (AvgIpc) is 2.67.